The van der Waals surface area contributed by atoms with Crippen molar-refractivity contribution in [3.63, 3.8) is 0 Å². The summed E-state index contributed by atoms with van der Waals surface area (Å²) in [4.78, 5) is 12.4. The van der Waals surface area contributed by atoms with Crippen LogP contribution in [0.5, 0.6) is 11.5 Å². The molecule has 0 aliphatic rings. The SMILES string of the molecule is CC(C)Oc1cc(-c2ccc(OCCNC[C@H](O)c3ccc(N)cc3)cc2)ccc1C(=O)NS(C)(=O)=O.Cl.Cl. The predicted octanol–water partition coefficient (Wildman–Crippen LogP) is 3.96. The number of hydrogen-bond acceptors (Lipinski definition) is 8. The van der Waals surface area contributed by atoms with Crippen molar-refractivity contribution in [3.05, 3.63) is 77.9 Å². The molecule has 0 unspecified atom stereocenters. The first-order chi connectivity index (χ1) is 17.5. The molecule has 9 nitrogen and oxygen atoms in total. The van der Waals surface area contributed by atoms with Gasteiger partial charge in [-0.1, -0.05) is 30.3 Å². The number of ether oxygens (including phenoxy) is 2. The minimum atomic E-state index is -3.70. The third kappa shape index (κ3) is 10.9. The van der Waals surface area contributed by atoms with Gasteiger partial charge in [0, 0.05) is 18.8 Å². The van der Waals surface area contributed by atoms with Gasteiger partial charge in [-0.15, -0.1) is 24.8 Å². The molecule has 3 aromatic rings. The lowest BCUT2D eigenvalue weighted by Crippen LogP contribution is -2.30. The normalized spacial score (nSPS) is 11.6. The minimum Gasteiger partial charge on any atom is -0.492 e. The monoisotopic (exact) mass is 599 g/mol. The zero-order chi connectivity index (χ0) is 27.0. The van der Waals surface area contributed by atoms with Crippen molar-refractivity contribution in [1.29, 1.82) is 0 Å². The van der Waals surface area contributed by atoms with Crippen LogP contribution in [0.15, 0.2) is 66.7 Å². The summed E-state index contributed by atoms with van der Waals surface area (Å²) >= 11 is 0. The molecule has 39 heavy (non-hydrogen) atoms. The summed E-state index contributed by atoms with van der Waals surface area (Å²) < 4.78 is 36.5. The molecular formula is C27H35Cl2N3O6S. The van der Waals surface area contributed by atoms with Gasteiger partial charge in [0.25, 0.3) is 5.91 Å². The van der Waals surface area contributed by atoms with Gasteiger partial charge in [-0.05, 0) is 66.9 Å². The van der Waals surface area contributed by atoms with E-state index in [1.165, 1.54) is 0 Å². The van der Waals surface area contributed by atoms with Gasteiger partial charge < -0.3 is 25.6 Å². The van der Waals surface area contributed by atoms with E-state index in [0.717, 1.165) is 22.9 Å². The topological polar surface area (TPSA) is 140 Å². The molecule has 1 atom stereocenters. The number of rotatable bonds is 12. The van der Waals surface area contributed by atoms with Gasteiger partial charge in [-0.2, -0.15) is 0 Å². The van der Waals surface area contributed by atoms with E-state index < -0.39 is 22.0 Å². The molecule has 0 bridgehead atoms. The lowest BCUT2D eigenvalue weighted by atomic mass is 10.0. The largest absolute Gasteiger partial charge is 0.492 e. The third-order valence-electron chi connectivity index (χ3n) is 5.26. The van der Waals surface area contributed by atoms with Crippen LogP contribution in [0.1, 0.15) is 35.9 Å². The van der Waals surface area contributed by atoms with Crippen molar-refractivity contribution >= 4 is 46.4 Å². The Morgan fingerprint density at radius 3 is 2.18 bits per heavy atom. The summed E-state index contributed by atoms with van der Waals surface area (Å²) in [5.74, 6) is 0.233. The molecule has 0 aliphatic carbocycles. The summed E-state index contributed by atoms with van der Waals surface area (Å²) in [6, 6.07) is 19.6. The van der Waals surface area contributed by atoms with Crippen molar-refractivity contribution in [3.8, 4) is 22.6 Å². The molecule has 3 aromatic carbocycles. The smallest absolute Gasteiger partial charge is 0.268 e. The van der Waals surface area contributed by atoms with Crippen molar-refractivity contribution in [2.24, 2.45) is 0 Å². The Balaban J connectivity index is 0.00000380. The van der Waals surface area contributed by atoms with Crippen LogP contribution in [0.2, 0.25) is 0 Å². The van der Waals surface area contributed by atoms with Crippen molar-refractivity contribution in [1.82, 2.24) is 10.0 Å². The highest BCUT2D eigenvalue weighted by Gasteiger charge is 2.18. The maximum Gasteiger partial charge on any atom is 0.268 e. The number of halogens is 2. The average Bonchev–Trinajstić information content (AvgIpc) is 2.83. The number of nitrogen functional groups attached to an aromatic ring is 1. The van der Waals surface area contributed by atoms with Crippen LogP contribution >= 0.6 is 24.8 Å². The minimum absolute atomic E-state index is 0. The van der Waals surface area contributed by atoms with E-state index in [2.05, 4.69) is 5.32 Å². The number of amides is 1. The summed E-state index contributed by atoms with van der Waals surface area (Å²) in [5, 5.41) is 13.4. The highest BCUT2D eigenvalue weighted by Crippen LogP contribution is 2.29. The number of benzene rings is 3. The van der Waals surface area contributed by atoms with Crippen LogP contribution in [0.3, 0.4) is 0 Å². The Hall–Kier alpha value is -3.02. The van der Waals surface area contributed by atoms with Gasteiger partial charge in [0.15, 0.2) is 0 Å². The van der Waals surface area contributed by atoms with Gasteiger partial charge >= 0.3 is 0 Å². The van der Waals surface area contributed by atoms with E-state index in [9.17, 15) is 18.3 Å². The molecule has 0 aromatic heterocycles. The molecule has 0 heterocycles. The number of aliphatic hydroxyl groups excluding tert-OH is 1. The molecular weight excluding hydrogens is 565 g/mol. The molecule has 1 amide bonds. The molecule has 0 saturated heterocycles. The second-order valence-electron chi connectivity index (χ2n) is 8.84. The highest BCUT2D eigenvalue weighted by atomic mass is 35.5. The maximum atomic E-state index is 12.4. The van der Waals surface area contributed by atoms with E-state index in [1.807, 2.05) is 42.8 Å². The van der Waals surface area contributed by atoms with Crippen molar-refractivity contribution in [2.45, 2.75) is 26.1 Å². The van der Waals surface area contributed by atoms with Crippen LogP contribution in [0, 0.1) is 0 Å². The number of anilines is 1. The van der Waals surface area contributed by atoms with Gasteiger partial charge in [-0.25, -0.2) is 13.1 Å². The molecule has 12 heteroatoms. The van der Waals surface area contributed by atoms with Crippen LogP contribution < -0.4 is 25.2 Å². The first-order valence-corrected chi connectivity index (χ1v) is 13.7. The maximum absolute atomic E-state index is 12.4. The quantitative estimate of drug-likeness (QED) is 0.181. The molecule has 214 valence electrons. The van der Waals surface area contributed by atoms with Crippen LogP contribution in [-0.2, 0) is 10.0 Å². The third-order valence-corrected chi connectivity index (χ3v) is 5.82. The van der Waals surface area contributed by atoms with Crippen molar-refractivity contribution < 1.29 is 27.8 Å². The highest BCUT2D eigenvalue weighted by molar-refractivity contribution is 7.89. The van der Waals surface area contributed by atoms with Crippen LogP contribution in [-0.4, -0.2) is 51.5 Å². The Morgan fingerprint density at radius 2 is 1.59 bits per heavy atom. The first kappa shape index (κ1) is 34.0. The first-order valence-electron chi connectivity index (χ1n) is 11.8. The Labute approximate surface area is 242 Å². The van der Waals surface area contributed by atoms with Gasteiger partial charge in [0.2, 0.25) is 10.0 Å². The van der Waals surface area contributed by atoms with Gasteiger partial charge in [0.05, 0.1) is 24.0 Å². The summed E-state index contributed by atoms with van der Waals surface area (Å²) in [7, 11) is -3.70. The number of nitrogens with two attached hydrogens (primary N) is 1. The van der Waals surface area contributed by atoms with Gasteiger partial charge in [-0.3, -0.25) is 4.79 Å². The molecule has 3 rings (SSSR count). The van der Waals surface area contributed by atoms with E-state index in [1.54, 1.807) is 42.5 Å². The Bertz CT molecular complexity index is 1300. The number of carbonyl (C=O) groups is 1. The fourth-order valence-electron chi connectivity index (χ4n) is 3.52. The lowest BCUT2D eigenvalue weighted by molar-refractivity contribution is 0.0976. The van der Waals surface area contributed by atoms with Crippen molar-refractivity contribution in [2.75, 3.05) is 31.7 Å². The summed E-state index contributed by atoms with van der Waals surface area (Å²) in [6.07, 6.45) is 0.0812. The van der Waals surface area contributed by atoms with E-state index in [-0.39, 0.29) is 36.5 Å². The number of nitrogens with one attached hydrogen (secondary N) is 2. The molecule has 0 aliphatic heterocycles. The number of carbonyl (C=O) groups excluding carboxylic acids is 1. The zero-order valence-corrected chi connectivity index (χ0v) is 24.4. The Kier molecular flexibility index (Phi) is 13.6. The summed E-state index contributed by atoms with van der Waals surface area (Å²) in [6.45, 7) is 5.02. The fourth-order valence-corrected chi connectivity index (χ4v) is 3.97. The molecule has 0 saturated carbocycles. The number of sulfonamides is 1. The van der Waals surface area contributed by atoms with E-state index in [0.29, 0.717) is 36.9 Å². The van der Waals surface area contributed by atoms with E-state index >= 15 is 0 Å². The standard InChI is InChI=1S/C27H33N3O6S.2ClH/c1-18(2)36-26-16-21(8-13-24(26)27(32)30-37(3,33)34)19-6-11-23(12-7-19)35-15-14-29-17-25(31)20-4-9-22(28)10-5-20;;/h4-13,16,18,25,29,31H,14-15,17,28H2,1-3H3,(H,30,32);2*1H/t25-;;/m0../s1. The van der Waals surface area contributed by atoms with Crippen LogP contribution in [0.25, 0.3) is 11.1 Å². The lowest BCUT2D eigenvalue weighted by Gasteiger charge is -2.16. The average molecular weight is 601 g/mol. The second kappa shape index (κ2) is 15.5. The number of aliphatic hydroxyl groups is 1. The van der Waals surface area contributed by atoms with Crippen LogP contribution in [0.4, 0.5) is 5.69 Å². The zero-order valence-electron chi connectivity index (χ0n) is 21.9. The fraction of sp³-hybridized carbons (Fsp3) is 0.296. The predicted molar refractivity (Wildman–Crippen MR) is 159 cm³/mol. The molecule has 0 spiro atoms. The number of hydrogen-bond donors (Lipinski definition) is 4. The second-order valence-corrected chi connectivity index (χ2v) is 10.6. The summed E-state index contributed by atoms with van der Waals surface area (Å²) in [5.41, 5.74) is 8.93. The molecule has 0 fully saturated rings. The Morgan fingerprint density at radius 1 is 0.974 bits per heavy atom. The van der Waals surface area contributed by atoms with Gasteiger partial charge in [0.1, 0.15) is 18.1 Å². The molecule has 0 radical (unpaired) electrons. The molecule has 5 N–H and O–H groups in total. The van der Waals surface area contributed by atoms with E-state index in [4.69, 9.17) is 15.2 Å².